The van der Waals surface area contributed by atoms with Gasteiger partial charge in [-0.1, -0.05) is 18.2 Å². The van der Waals surface area contributed by atoms with Gasteiger partial charge in [-0.3, -0.25) is 0 Å². The molecule has 1 heterocycles. The van der Waals surface area contributed by atoms with Crippen LogP contribution < -0.4 is 5.63 Å². The molecule has 0 bridgehead atoms. The van der Waals surface area contributed by atoms with E-state index in [2.05, 4.69) is 4.74 Å². The Labute approximate surface area is 108 Å². The Kier molecular flexibility index (Phi) is 2.56. The minimum atomic E-state index is -0.460. The molecule has 3 rings (SSSR count). The summed E-state index contributed by atoms with van der Waals surface area (Å²) in [6.07, 6.45) is 0. The number of benzene rings is 2. The average Bonchev–Trinajstić information content (AvgIpc) is 2.46. The van der Waals surface area contributed by atoms with Gasteiger partial charge in [-0.2, -0.15) is 0 Å². The van der Waals surface area contributed by atoms with E-state index >= 15 is 0 Å². The van der Waals surface area contributed by atoms with Gasteiger partial charge in [0.05, 0.1) is 18.1 Å². The highest BCUT2D eigenvalue weighted by Crippen LogP contribution is 2.23. The summed E-state index contributed by atoms with van der Waals surface area (Å²) in [5.74, 6) is -0.460. The van der Waals surface area contributed by atoms with Gasteiger partial charge in [0.2, 0.25) is 0 Å². The van der Waals surface area contributed by atoms with Crippen molar-refractivity contribution in [3.05, 3.63) is 58.4 Å². The summed E-state index contributed by atoms with van der Waals surface area (Å²) in [6.45, 7) is 0. The Morgan fingerprint density at radius 1 is 1.05 bits per heavy atom. The molecule has 0 unspecified atom stereocenters. The van der Waals surface area contributed by atoms with Crippen molar-refractivity contribution in [2.45, 2.75) is 0 Å². The number of hydrogen-bond donors (Lipinski definition) is 0. The Hall–Kier alpha value is -2.62. The quantitative estimate of drug-likeness (QED) is 0.380. The summed E-state index contributed by atoms with van der Waals surface area (Å²) in [5.41, 5.74) is 0.324. The van der Waals surface area contributed by atoms with Crippen LogP contribution in [0.2, 0.25) is 0 Å². The molecule has 0 saturated heterocycles. The highest BCUT2D eigenvalue weighted by Gasteiger charge is 2.10. The Morgan fingerprint density at radius 2 is 1.79 bits per heavy atom. The topological polar surface area (TPSA) is 56.5 Å². The third-order valence-corrected chi connectivity index (χ3v) is 3.04. The maximum Gasteiger partial charge on any atom is 0.344 e. The maximum absolute atomic E-state index is 11.9. The van der Waals surface area contributed by atoms with E-state index in [9.17, 15) is 9.59 Å². The molecule has 0 aliphatic heterocycles. The van der Waals surface area contributed by atoms with Gasteiger partial charge < -0.3 is 9.15 Å². The van der Waals surface area contributed by atoms with E-state index in [1.165, 1.54) is 13.2 Å². The van der Waals surface area contributed by atoms with Crippen molar-refractivity contribution >= 4 is 27.7 Å². The fourth-order valence-corrected chi connectivity index (χ4v) is 2.12. The molecule has 0 amide bonds. The van der Waals surface area contributed by atoms with Crippen molar-refractivity contribution in [2.75, 3.05) is 7.11 Å². The van der Waals surface area contributed by atoms with Gasteiger partial charge in [0, 0.05) is 5.39 Å². The minimum Gasteiger partial charge on any atom is -0.465 e. The zero-order valence-electron chi connectivity index (χ0n) is 10.2. The van der Waals surface area contributed by atoms with Gasteiger partial charge in [0.25, 0.3) is 0 Å². The van der Waals surface area contributed by atoms with Gasteiger partial charge in [-0.15, -0.1) is 0 Å². The van der Waals surface area contributed by atoms with E-state index < -0.39 is 11.6 Å². The Bertz CT molecular complexity index is 846. The zero-order valence-corrected chi connectivity index (χ0v) is 10.2. The lowest BCUT2D eigenvalue weighted by Gasteiger charge is -2.04. The molecule has 0 fully saturated rings. The first-order chi connectivity index (χ1) is 9.20. The summed E-state index contributed by atoms with van der Waals surface area (Å²) >= 11 is 0. The summed E-state index contributed by atoms with van der Waals surface area (Å²) in [6, 6.07) is 12.1. The van der Waals surface area contributed by atoms with Crippen LogP contribution >= 0.6 is 0 Å². The van der Waals surface area contributed by atoms with E-state index in [1.807, 2.05) is 12.1 Å². The average molecular weight is 254 g/mol. The molecule has 2 aromatic carbocycles. The monoisotopic (exact) mass is 254 g/mol. The number of ether oxygens (including phenoxy) is 1. The predicted octanol–water partition coefficient (Wildman–Crippen LogP) is 2.73. The first-order valence-electron chi connectivity index (χ1n) is 5.74. The number of hydrogen-bond acceptors (Lipinski definition) is 4. The summed E-state index contributed by atoms with van der Waals surface area (Å²) in [5, 5.41) is 2.13. The summed E-state index contributed by atoms with van der Waals surface area (Å²) in [4.78, 5) is 23.3. The molecule has 1 aromatic heterocycles. The van der Waals surface area contributed by atoms with Gasteiger partial charge in [-0.05, 0) is 29.7 Å². The molecule has 0 aliphatic carbocycles. The third-order valence-electron chi connectivity index (χ3n) is 3.04. The molecule has 4 heteroatoms. The van der Waals surface area contributed by atoms with Crippen LogP contribution in [0.5, 0.6) is 0 Å². The van der Waals surface area contributed by atoms with Crippen molar-refractivity contribution in [1.82, 2.24) is 0 Å². The van der Waals surface area contributed by atoms with Crippen molar-refractivity contribution < 1.29 is 13.9 Å². The van der Waals surface area contributed by atoms with Crippen molar-refractivity contribution in [3.63, 3.8) is 0 Å². The fraction of sp³-hybridized carbons (Fsp3) is 0.0667. The van der Waals surface area contributed by atoms with Crippen LogP contribution in [0.3, 0.4) is 0 Å². The smallest absolute Gasteiger partial charge is 0.344 e. The number of carbonyl (C=O) groups excluding carboxylic acids is 1. The molecule has 19 heavy (non-hydrogen) atoms. The molecule has 0 N–H and O–H groups in total. The number of carbonyl (C=O) groups is 1. The molecule has 0 saturated carbocycles. The van der Waals surface area contributed by atoms with Gasteiger partial charge >= 0.3 is 11.6 Å². The molecule has 0 spiro atoms. The van der Waals surface area contributed by atoms with Crippen LogP contribution in [0.25, 0.3) is 21.7 Å². The molecule has 94 valence electrons. The van der Waals surface area contributed by atoms with Crippen molar-refractivity contribution in [1.29, 1.82) is 0 Å². The van der Waals surface area contributed by atoms with Gasteiger partial charge in [0.15, 0.2) is 0 Å². The lowest BCUT2D eigenvalue weighted by atomic mass is 10.1. The van der Waals surface area contributed by atoms with Crippen LogP contribution in [-0.4, -0.2) is 13.1 Å². The largest absolute Gasteiger partial charge is 0.465 e. The van der Waals surface area contributed by atoms with Crippen LogP contribution in [0.1, 0.15) is 10.4 Å². The second kappa shape index (κ2) is 4.24. The van der Waals surface area contributed by atoms with E-state index in [0.29, 0.717) is 16.5 Å². The minimum absolute atomic E-state index is 0.355. The molecular formula is C15H10O4. The molecule has 0 radical (unpaired) electrons. The summed E-state index contributed by atoms with van der Waals surface area (Å²) in [7, 11) is 1.31. The van der Waals surface area contributed by atoms with E-state index in [4.69, 9.17) is 4.42 Å². The SMILES string of the molecule is COC(=O)c1ccc2c(c1)oc(=O)c1ccccc12. The first-order valence-corrected chi connectivity index (χ1v) is 5.74. The second-order valence-electron chi connectivity index (χ2n) is 4.14. The lowest BCUT2D eigenvalue weighted by molar-refractivity contribution is 0.0601. The van der Waals surface area contributed by atoms with Crippen LogP contribution in [0, 0.1) is 0 Å². The Balaban J connectivity index is 2.40. The first kappa shape index (κ1) is 11.5. The van der Waals surface area contributed by atoms with E-state index in [1.54, 1.807) is 24.3 Å². The van der Waals surface area contributed by atoms with Crippen LogP contribution in [0.4, 0.5) is 0 Å². The number of esters is 1. The van der Waals surface area contributed by atoms with E-state index in [-0.39, 0.29) is 0 Å². The van der Waals surface area contributed by atoms with Crippen molar-refractivity contribution in [2.24, 2.45) is 0 Å². The highest BCUT2D eigenvalue weighted by molar-refractivity contribution is 6.06. The van der Waals surface area contributed by atoms with Gasteiger partial charge in [0.1, 0.15) is 5.58 Å². The molecule has 0 atom stereocenters. The van der Waals surface area contributed by atoms with Crippen LogP contribution in [-0.2, 0) is 4.74 Å². The number of fused-ring (bicyclic) bond motifs is 3. The molecule has 3 aromatic rings. The fourth-order valence-electron chi connectivity index (χ4n) is 2.12. The summed E-state index contributed by atoms with van der Waals surface area (Å²) < 4.78 is 9.89. The van der Waals surface area contributed by atoms with Crippen LogP contribution in [0.15, 0.2) is 51.7 Å². The van der Waals surface area contributed by atoms with Gasteiger partial charge in [-0.25, -0.2) is 9.59 Å². The number of methoxy groups -OCH3 is 1. The maximum atomic E-state index is 11.9. The van der Waals surface area contributed by atoms with E-state index in [0.717, 1.165) is 10.8 Å². The predicted molar refractivity (Wildman–Crippen MR) is 71.3 cm³/mol. The molecule has 4 nitrogen and oxygen atoms in total. The molecular weight excluding hydrogens is 244 g/mol. The standard InChI is InChI=1S/C15H10O4/c1-18-14(16)9-6-7-11-10-4-2-3-5-12(10)15(17)19-13(11)8-9/h2-8H,1H3. The highest BCUT2D eigenvalue weighted by atomic mass is 16.5. The normalized spacial score (nSPS) is 10.8. The Morgan fingerprint density at radius 3 is 2.53 bits per heavy atom. The van der Waals surface area contributed by atoms with Crippen molar-refractivity contribution in [3.8, 4) is 0 Å². The second-order valence-corrected chi connectivity index (χ2v) is 4.14. The lowest BCUT2D eigenvalue weighted by Crippen LogP contribution is -2.03. The third kappa shape index (κ3) is 1.78. The zero-order chi connectivity index (χ0) is 13.4. The molecule has 0 aliphatic rings. The number of rotatable bonds is 1.